The van der Waals surface area contributed by atoms with Gasteiger partial charge in [0.25, 0.3) is 11.6 Å². The van der Waals surface area contributed by atoms with E-state index in [2.05, 4.69) is 10.4 Å². The number of non-ortho nitro benzene ring substituents is 1. The Morgan fingerprint density at radius 2 is 1.97 bits per heavy atom. The Hall–Kier alpha value is -3.59. The monoisotopic (exact) mass is 416 g/mol. The number of rotatable bonds is 6. The maximum Gasteiger partial charge on any atom is 0.276 e. The molecule has 0 saturated heterocycles. The molecular formula is C19H17ClN4O5. The highest BCUT2D eigenvalue weighted by Gasteiger charge is 2.15. The number of nitrogens with zero attached hydrogens (tertiary/aromatic N) is 3. The molecule has 3 rings (SSSR count). The Bertz CT molecular complexity index is 1070. The summed E-state index contributed by atoms with van der Waals surface area (Å²) in [4.78, 5) is 22.4. The number of hydrogen-bond donors (Lipinski definition) is 2. The summed E-state index contributed by atoms with van der Waals surface area (Å²) >= 11 is 6.14. The number of carbonyl (C=O) groups is 1. The summed E-state index contributed by atoms with van der Waals surface area (Å²) in [6.45, 7) is 3.84. The number of ether oxygens (including phenoxy) is 1. The van der Waals surface area contributed by atoms with Crippen LogP contribution in [0.25, 0.3) is 0 Å². The van der Waals surface area contributed by atoms with Gasteiger partial charge in [0.1, 0.15) is 11.5 Å². The van der Waals surface area contributed by atoms with E-state index in [9.17, 15) is 20.0 Å². The highest BCUT2D eigenvalue weighted by atomic mass is 35.5. The maximum absolute atomic E-state index is 12.3. The molecule has 10 heteroatoms. The van der Waals surface area contributed by atoms with E-state index in [1.165, 1.54) is 22.9 Å². The molecule has 0 atom stereocenters. The summed E-state index contributed by atoms with van der Waals surface area (Å²) in [5.74, 6) is -0.364. The summed E-state index contributed by atoms with van der Waals surface area (Å²) in [7, 11) is 0. The molecule has 0 aliphatic heterocycles. The first-order valence-corrected chi connectivity index (χ1v) is 8.84. The van der Waals surface area contributed by atoms with Crippen molar-refractivity contribution >= 4 is 28.9 Å². The van der Waals surface area contributed by atoms with E-state index >= 15 is 0 Å². The van der Waals surface area contributed by atoms with Crippen molar-refractivity contribution in [2.24, 2.45) is 0 Å². The second kappa shape index (κ2) is 8.19. The zero-order valence-electron chi connectivity index (χ0n) is 15.5. The second-order valence-corrected chi connectivity index (χ2v) is 6.68. The van der Waals surface area contributed by atoms with Crippen LogP contribution in [0.1, 0.15) is 21.6 Å². The van der Waals surface area contributed by atoms with Crippen molar-refractivity contribution in [3.05, 3.63) is 74.6 Å². The lowest BCUT2D eigenvalue weighted by Gasteiger charge is -2.10. The van der Waals surface area contributed by atoms with Crippen molar-refractivity contribution < 1.29 is 19.6 Å². The van der Waals surface area contributed by atoms with Crippen LogP contribution in [0.15, 0.2) is 42.6 Å². The SMILES string of the molecule is Cc1cc(OCn2ccc(C(=O)Nc3ccc([N+](=O)[O-])cc3O)n2)cc(C)c1Cl. The molecule has 0 radical (unpaired) electrons. The zero-order chi connectivity index (χ0) is 21.1. The minimum atomic E-state index is -0.642. The Labute approximate surface area is 170 Å². The zero-order valence-corrected chi connectivity index (χ0v) is 16.3. The average Bonchev–Trinajstić information content (AvgIpc) is 3.15. The lowest BCUT2D eigenvalue weighted by atomic mass is 10.1. The molecule has 0 spiro atoms. The van der Waals surface area contributed by atoms with E-state index in [-0.39, 0.29) is 23.8 Å². The first-order valence-electron chi connectivity index (χ1n) is 8.46. The largest absolute Gasteiger partial charge is 0.506 e. The first-order chi connectivity index (χ1) is 13.7. The van der Waals surface area contributed by atoms with Crippen molar-refractivity contribution in [2.45, 2.75) is 20.6 Å². The van der Waals surface area contributed by atoms with Crippen molar-refractivity contribution in [1.29, 1.82) is 0 Å². The molecule has 1 amide bonds. The summed E-state index contributed by atoms with van der Waals surface area (Å²) in [6.07, 6.45) is 1.57. The van der Waals surface area contributed by atoms with Gasteiger partial charge < -0.3 is 15.2 Å². The molecule has 0 saturated carbocycles. The number of carbonyl (C=O) groups excluding carboxylic acids is 1. The molecule has 0 fully saturated rings. The van der Waals surface area contributed by atoms with Crippen LogP contribution in [-0.2, 0) is 6.73 Å². The second-order valence-electron chi connectivity index (χ2n) is 6.30. The molecule has 0 aliphatic carbocycles. The van der Waals surface area contributed by atoms with Gasteiger partial charge >= 0.3 is 0 Å². The molecule has 2 N–H and O–H groups in total. The van der Waals surface area contributed by atoms with Gasteiger partial charge in [-0.2, -0.15) is 5.10 Å². The predicted molar refractivity (Wildman–Crippen MR) is 106 cm³/mol. The fourth-order valence-corrected chi connectivity index (χ4v) is 2.72. The van der Waals surface area contributed by atoms with Gasteiger partial charge in [-0.3, -0.25) is 14.9 Å². The van der Waals surface area contributed by atoms with Crippen LogP contribution >= 0.6 is 11.6 Å². The van der Waals surface area contributed by atoms with Crippen LogP contribution in [0.5, 0.6) is 11.5 Å². The van der Waals surface area contributed by atoms with Crippen LogP contribution in [0.2, 0.25) is 5.02 Å². The van der Waals surface area contributed by atoms with Crippen LogP contribution in [0, 0.1) is 24.0 Å². The van der Waals surface area contributed by atoms with E-state index in [1.807, 2.05) is 26.0 Å². The molecule has 29 heavy (non-hydrogen) atoms. The number of amides is 1. The number of aryl methyl sites for hydroxylation is 2. The van der Waals surface area contributed by atoms with Gasteiger partial charge in [-0.05, 0) is 49.2 Å². The summed E-state index contributed by atoms with van der Waals surface area (Å²) in [5.41, 5.74) is 1.64. The standard InChI is InChI=1S/C19H17ClN4O5/c1-11-7-14(8-12(2)18(11)20)29-10-23-6-5-16(22-23)19(26)21-15-4-3-13(24(27)28)9-17(15)25/h3-9,25H,10H2,1-2H3,(H,21,26). The van der Waals surface area contributed by atoms with Gasteiger partial charge in [0.05, 0.1) is 16.7 Å². The molecule has 0 bridgehead atoms. The fraction of sp³-hybridized carbons (Fsp3) is 0.158. The van der Waals surface area contributed by atoms with Crippen molar-refractivity contribution in [2.75, 3.05) is 5.32 Å². The Morgan fingerprint density at radius 1 is 1.28 bits per heavy atom. The number of nitrogens with one attached hydrogen (secondary N) is 1. The third-order valence-corrected chi connectivity index (χ3v) is 4.68. The quantitative estimate of drug-likeness (QED) is 0.355. The van der Waals surface area contributed by atoms with Gasteiger partial charge in [0, 0.05) is 17.3 Å². The van der Waals surface area contributed by atoms with Crippen LogP contribution in [-0.4, -0.2) is 25.7 Å². The minimum absolute atomic E-state index is 0.0403. The average molecular weight is 417 g/mol. The Balaban J connectivity index is 1.65. The van der Waals surface area contributed by atoms with Gasteiger partial charge in [-0.25, -0.2) is 4.68 Å². The topological polar surface area (TPSA) is 120 Å². The molecule has 0 aliphatic rings. The number of hydrogen-bond acceptors (Lipinski definition) is 6. The number of aromatic nitrogens is 2. The van der Waals surface area contributed by atoms with Gasteiger partial charge in [-0.15, -0.1) is 0 Å². The molecule has 3 aromatic rings. The highest BCUT2D eigenvalue weighted by molar-refractivity contribution is 6.32. The number of phenolic OH excluding ortho intramolecular Hbond substituents is 1. The summed E-state index contributed by atoms with van der Waals surface area (Å²) < 4.78 is 7.12. The lowest BCUT2D eigenvalue weighted by Crippen LogP contribution is -2.14. The smallest absolute Gasteiger partial charge is 0.276 e. The number of nitro benzene ring substituents is 1. The van der Waals surface area contributed by atoms with Gasteiger partial charge in [0.15, 0.2) is 12.4 Å². The van der Waals surface area contributed by atoms with E-state index in [0.717, 1.165) is 17.2 Å². The number of aromatic hydroxyl groups is 1. The maximum atomic E-state index is 12.3. The normalized spacial score (nSPS) is 10.6. The molecule has 150 valence electrons. The number of anilines is 1. The van der Waals surface area contributed by atoms with Crippen molar-refractivity contribution in [3.63, 3.8) is 0 Å². The van der Waals surface area contributed by atoms with Crippen molar-refractivity contribution in [3.8, 4) is 11.5 Å². The third-order valence-electron chi connectivity index (χ3n) is 4.09. The van der Waals surface area contributed by atoms with E-state index in [4.69, 9.17) is 16.3 Å². The van der Waals surface area contributed by atoms with Crippen LogP contribution in [0.3, 0.4) is 0 Å². The lowest BCUT2D eigenvalue weighted by molar-refractivity contribution is -0.384. The van der Waals surface area contributed by atoms with Gasteiger partial charge in [0.2, 0.25) is 0 Å². The summed E-state index contributed by atoms with van der Waals surface area (Å²) in [6, 6.07) is 8.49. The summed E-state index contributed by atoms with van der Waals surface area (Å²) in [5, 5.41) is 27.8. The molecule has 9 nitrogen and oxygen atoms in total. The molecule has 0 unspecified atom stereocenters. The number of phenols is 1. The molecule has 1 heterocycles. The minimum Gasteiger partial charge on any atom is -0.506 e. The van der Waals surface area contributed by atoms with E-state index < -0.39 is 16.6 Å². The van der Waals surface area contributed by atoms with E-state index in [0.29, 0.717) is 10.8 Å². The number of benzene rings is 2. The fourth-order valence-electron chi connectivity index (χ4n) is 2.61. The molecule has 1 aromatic heterocycles. The number of nitro groups is 1. The Morgan fingerprint density at radius 3 is 2.59 bits per heavy atom. The predicted octanol–water partition coefficient (Wildman–Crippen LogP) is 4.06. The number of halogens is 1. The first kappa shape index (κ1) is 20.2. The van der Waals surface area contributed by atoms with Crippen LogP contribution in [0.4, 0.5) is 11.4 Å². The molecular weight excluding hydrogens is 400 g/mol. The van der Waals surface area contributed by atoms with E-state index in [1.54, 1.807) is 6.20 Å². The van der Waals surface area contributed by atoms with Crippen LogP contribution < -0.4 is 10.1 Å². The van der Waals surface area contributed by atoms with Gasteiger partial charge in [-0.1, -0.05) is 11.6 Å². The molecule has 2 aromatic carbocycles. The Kier molecular flexibility index (Phi) is 5.69. The highest BCUT2D eigenvalue weighted by Crippen LogP contribution is 2.28. The third kappa shape index (κ3) is 4.64. The van der Waals surface area contributed by atoms with Crippen molar-refractivity contribution in [1.82, 2.24) is 9.78 Å².